The van der Waals surface area contributed by atoms with Gasteiger partial charge in [0, 0.05) is 11.1 Å². The van der Waals surface area contributed by atoms with Gasteiger partial charge in [0.25, 0.3) is 5.91 Å². The molecule has 0 aliphatic heterocycles. The number of hydrogen-bond acceptors (Lipinski definition) is 4. The molecule has 0 bridgehead atoms. The van der Waals surface area contributed by atoms with Crippen LogP contribution in [0.25, 0.3) is 0 Å². The van der Waals surface area contributed by atoms with Crippen molar-refractivity contribution in [2.75, 3.05) is 6.54 Å². The molecule has 0 aliphatic rings. The molecular weight excluding hydrogens is 254 g/mol. The predicted molar refractivity (Wildman–Crippen MR) is 74.8 cm³/mol. The van der Waals surface area contributed by atoms with Gasteiger partial charge in [-0.3, -0.25) is 4.79 Å². The number of hydrogen-bond donors (Lipinski definition) is 2. The topological polar surface area (TPSA) is 81.2 Å². The molecule has 0 aliphatic carbocycles. The second-order valence-electron chi connectivity index (χ2n) is 4.13. The molecule has 5 nitrogen and oxygen atoms in total. The van der Waals surface area contributed by atoms with E-state index in [9.17, 15) is 4.79 Å². The van der Waals surface area contributed by atoms with Crippen LogP contribution in [0.1, 0.15) is 27.6 Å². The molecule has 2 rings (SSSR count). The smallest absolute Gasteiger partial charge is 0.251 e. The fourth-order valence-corrected chi connectivity index (χ4v) is 1.60. The van der Waals surface area contributed by atoms with E-state index >= 15 is 0 Å². The first-order valence-corrected chi connectivity index (χ1v) is 6.17. The van der Waals surface area contributed by atoms with E-state index in [-0.39, 0.29) is 12.5 Å². The van der Waals surface area contributed by atoms with Crippen molar-refractivity contribution in [3.8, 4) is 11.8 Å². The lowest BCUT2D eigenvalue weighted by molar-refractivity contribution is 0.0947. The molecule has 102 valence electrons. The van der Waals surface area contributed by atoms with Crippen LogP contribution in [0.15, 0.2) is 34.9 Å². The van der Waals surface area contributed by atoms with Crippen LogP contribution >= 0.6 is 0 Å². The first-order valence-electron chi connectivity index (χ1n) is 6.17. The predicted octanol–water partition coefficient (Wildman–Crippen LogP) is 1.22. The highest BCUT2D eigenvalue weighted by Gasteiger charge is 2.07. The van der Waals surface area contributed by atoms with E-state index in [1.807, 2.05) is 0 Å². The maximum Gasteiger partial charge on any atom is 0.251 e. The zero-order chi connectivity index (χ0) is 14.4. The highest BCUT2D eigenvalue weighted by Crippen LogP contribution is 2.05. The van der Waals surface area contributed by atoms with E-state index in [0.717, 1.165) is 11.3 Å². The summed E-state index contributed by atoms with van der Waals surface area (Å²) in [6.07, 6.45) is 1.62. The summed E-state index contributed by atoms with van der Waals surface area (Å²) in [6.45, 7) is 2.39. The largest absolute Gasteiger partial charge is 0.444 e. The van der Waals surface area contributed by atoms with Crippen LogP contribution in [0.4, 0.5) is 0 Å². The molecule has 0 unspecified atom stereocenters. The minimum absolute atomic E-state index is 0.181. The number of rotatable bonds is 3. The van der Waals surface area contributed by atoms with Gasteiger partial charge in [0.1, 0.15) is 5.76 Å². The Labute approximate surface area is 117 Å². The van der Waals surface area contributed by atoms with Crippen molar-refractivity contribution in [3.05, 3.63) is 53.2 Å². The molecule has 0 radical (unpaired) electrons. The third-order valence-corrected chi connectivity index (χ3v) is 2.55. The van der Waals surface area contributed by atoms with Crippen LogP contribution in [-0.2, 0) is 6.54 Å². The number of aryl methyl sites for hydroxylation is 1. The summed E-state index contributed by atoms with van der Waals surface area (Å²) in [6, 6.07) is 7.01. The molecule has 3 N–H and O–H groups in total. The van der Waals surface area contributed by atoms with Gasteiger partial charge in [-0.05, 0) is 31.2 Å². The molecule has 1 heterocycles. The highest BCUT2D eigenvalue weighted by molar-refractivity contribution is 5.94. The average Bonchev–Trinajstić information content (AvgIpc) is 2.89. The van der Waals surface area contributed by atoms with Gasteiger partial charge < -0.3 is 15.5 Å². The Hall–Kier alpha value is -2.58. The fraction of sp³-hybridized carbons (Fsp3) is 0.200. The van der Waals surface area contributed by atoms with E-state index in [1.54, 1.807) is 37.4 Å². The molecule has 1 aromatic heterocycles. The van der Waals surface area contributed by atoms with Crippen molar-refractivity contribution in [3.63, 3.8) is 0 Å². The third-order valence-electron chi connectivity index (χ3n) is 2.55. The van der Waals surface area contributed by atoms with Gasteiger partial charge in [0.2, 0.25) is 5.89 Å². The van der Waals surface area contributed by atoms with Crippen molar-refractivity contribution in [1.82, 2.24) is 10.3 Å². The summed E-state index contributed by atoms with van der Waals surface area (Å²) in [4.78, 5) is 15.9. The Bertz CT molecular complexity index is 648. The fourth-order valence-electron chi connectivity index (χ4n) is 1.60. The summed E-state index contributed by atoms with van der Waals surface area (Å²) >= 11 is 0. The quantitative estimate of drug-likeness (QED) is 0.821. The van der Waals surface area contributed by atoms with Crippen LogP contribution in [-0.4, -0.2) is 17.4 Å². The van der Waals surface area contributed by atoms with E-state index in [1.165, 1.54) is 0 Å². The Morgan fingerprint density at radius 2 is 2.15 bits per heavy atom. The second-order valence-corrected chi connectivity index (χ2v) is 4.13. The number of oxazole rings is 1. The summed E-state index contributed by atoms with van der Waals surface area (Å²) in [7, 11) is 0. The van der Waals surface area contributed by atoms with Crippen LogP contribution in [0, 0.1) is 18.8 Å². The SMILES string of the molecule is Cc1cnc(CNC(=O)c2ccc(C#CCN)cc2)o1. The van der Waals surface area contributed by atoms with Crippen LogP contribution in [0.2, 0.25) is 0 Å². The first kappa shape index (κ1) is 13.8. The Morgan fingerprint density at radius 3 is 2.75 bits per heavy atom. The van der Waals surface area contributed by atoms with Gasteiger partial charge in [-0.1, -0.05) is 11.8 Å². The Morgan fingerprint density at radius 1 is 1.40 bits per heavy atom. The number of amides is 1. The number of carbonyl (C=O) groups excluding carboxylic acids is 1. The summed E-state index contributed by atoms with van der Waals surface area (Å²) < 4.78 is 5.28. The molecular formula is C15H15N3O2. The zero-order valence-electron chi connectivity index (χ0n) is 11.1. The van der Waals surface area contributed by atoms with Crippen LogP contribution < -0.4 is 11.1 Å². The van der Waals surface area contributed by atoms with Gasteiger partial charge in [-0.15, -0.1) is 0 Å². The lowest BCUT2D eigenvalue weighted by atomic mass is 10.1. The minimum Gasteiger partial charge on any atom is -0.444 e. The lowest BCUT2D eigenvalue weighted by Gasteiger charge is -2.02. The van der Waals surface area contributed by atoms with Crippen LogP contribution in [0.5, 0.6) is 0 Å². The first-order chi connectivity index (χ1) is 9.69. The van der Waals surface area contributed by atoms with Gasteiger partial charge >= 0.3 is 0 Å². The van der Waals surface area contributed by atoms with Gasteiger partial charge in [0.05, 0.1) is 19.3 Å². The van der Waals surface area contributed by atoms with Crippen molar-refractivity contribution in [1.29, 1.82) is 0 Å². The molecule has 0 atom stereocenters. The molecule has 0 saturated carbocycles. The molecule has 0 spiro atoms. The minimum atomic E-state index is -0.181. The second kappa shape index (κ2) is 6.55. The highest BCUT2D eigenvalue weighted by atomic mass is 16.4. The molecule has 0 fully saturated rings. The molecule has 1 amide bonds. The number of carbonyl (C=O) groups is 1. The standard InChI is InChI=1S/C15H15N3O2/c1-11-9-17-14(20-11)10-18-15(19)13-6-4-12(5-7-13)3-2-8-16/h4-7,9H,8,10,16H2,1H3,(H,18,19). The maximum atomic E-state index is 11.9. The number of aromatic nitrogens is 1. The van der Waals surface area contributed by atoms with Gasteiger partial charge in [-0.2, -0.15) is 0 Å². The van der Waals surface area contributed by atoms with Crippen molar-refractivity contribution < 1.29 is 9.21 Å². The number of nitrogens with zero attached hydrogens (tertiary/aromatic N) is 1. The van der Waals surface area contributed by atoms with Crippen molar-refractivity contribution >= 4 is 5.91 Å². The van der Waals surface area contributed by atoms with Gasteiger partial charge in [0.15, 0.2) is 0 Å². The summed E-state index contributed by atoms with van der Waals surface area (Å²) in [5.41, 5.74) is 6.69. The van der Waals surface area contributed by atoms with Crippen LogP contribution in [0.3, 0.4) is 0 Å². The molecule has 1 aromatic carbocycles. The van der Waals surface area contributed by atoms with Crippen molar-refractivity contribution in [2.45, 2.75) is 13.5 Å². The Kier molecular flexibility index (Phi) is 4.53. The molecule has 5 heteroatoms. The maximum absolute atomic E-state index is 11.9. The zero-order valence-corrected chi connectivity index (χ0v) is 11.1. The summed E-state index contributed by atoms with van der Waals surface area (Å²) in [5, 5.41) is 2.74. The monoisotopic (exact) mass is 269 g/mol. The van der Waals surface area contributed by atoms with E-state index in [2.05, 4.69) is 22.1 Å². The van der Waals surface area contributed by atoms with E-state index < -0.39 is 0 Å². The average molecular weight is 269 g/mol. The number of benzene rings is 1. The number of nitrogens with two attached hydrogens (primary N) is 1. The van der Waals surface area contributed by atoms with Gasteiger partial charge in [-0.25, -0.2) is 4.98 Å². The third kappa shape index (κ3) is 3.70. The molecule has 0 saturated heterocycles. The Balaban J connectivity index is 1.95. The van der Waals surface area contributed by atoms with Crippen molar-refractivity contribution in [2.24, 2.45) is 5.73 Å². The summed E-state index contributed by atoms with van der Waals surface area (Å²) in [5.74, 6) is 6.68. The molecule has 20 heavy (non-hydrogen) atoms. The number of nitrogens with one attached hydrogen (secondary N) is 1. The van der Waals surface area contributed by atoms with E-state index in [4.69, 9.17) is 10.2 Å². The normalized spacial score (nSPS) is 9.70. The van der Waals surface area contributed by atoms with E-state index in [0.29, 0.717) is 18.0 Å². The molecule has 2 aromatic rings. The lowest BCUT2D eigenvalue weighted by Crippen LogP contribution is -2.22.